The van der Waals surface area contributed by atoms with Crippen LogP contribution >= 0.6 is 0 Å². The summed E-state index contributed by atoms with van der Waals surface area (Å²) < 4.78 is 4.86. The Bertz CT molecular complexity index is 563. The zero-order valence-corrected chi connectivity index (χ0v) is 12.4. The minimum atomic E-state index is -1.18. The molecule has 9 heteroatoms. The average molecular weight is 325 g/mol. The van der Waals surface area contributed by atoms with E-state index in [0.717, 1.165) is 0 Å². The summed E-state index contributed by atoms with van der Waals surface area (Å²) in [4.78, 5) is 33.0. The van der Waals surface area contributed by atoms with E-state index >= 15 is 0 Å². The number of nitrogens with zero attached hydrogens (tertiary/aromatic N) is 1. The average Bonchev–Trinajstić information content (AvgIpc) is 2.52. The fraction of sp³-hybridized carbons (Fsp3) is 0.429. The van der Waals surface area contributed by atoms with Gasteiger partial charge in [-0.1, -0.05) is 12.1 Å². The van der Waals surface area contributed by atoms with E-state index in [4.69, 9.17) is 15.6 Å². The Morgan fingerprint density at radius 1 is 1.35 bits per heavy atom. The number of benzene rings is 1. The predicted octanol–water partition coefficient (Wildman–Crippen LogP) is 1.40. The summed E-state index contributed by atoms with van der Waals surface area (Å²) >= 11 is 0. The summed E-state index contributed by atoms with van der Waals surface area (Å²) in [6.07, 6.45) is 0.491. The lowest BCUT2D eigenvalue weighted by atomic mass is 10.1. The van der Waals surface area contributed by atoms with Gasteiger partial charge in [-0.3, -0.25) is 10.1 Å². The Balaban J connectivity index is 2.55. The van der Waals surface area contributed by atoms with Crippen LogP contribution in [0.3, 0.4) is 0 Å². The summed E-state index contributed by atoms with van der Waals surface area (Å²) in [6, 6.07) is 4.75. The molecule has 1 atom stereocenters. The number of ether oxygens (including phenoxy) is 1. The Kier molecular flexibility index (Phi) is 7.48. The minimum absolute atomic E-state index is 0.168. The van der Waals surface area contributed by atoms with Gasteiger partial charge in [0.2, 0.25) is 0 Å². The maximum absolute atomic E-state index is 11.7. The van der Waals surface area contributed by atoms with Crippen LogP contribution in [0.4, 0.5) is 10.5 Å². The van der Waals surface area contributed by atoms with E-state index < -0.39 is 23.0 Å². The van der Waals surface area contributed by atoms with Gasteiger partial charge in [-0.15, -0.1) is 0 Å². The number of carboxylic acid groups (broad SMARTS) is 1. The van der Waals surface area contributed by atoms with Crippen molar-refractivity contribution in [2.45, 2.75) is 31.9 Å². The SMILES string of the molecule is NCCCCC(NC(=O)OCc1ccccc1[N+](=O)[O-])C(=O)O. The van der Waals surface area contributed by atoms with Gasteiger partial charge in [-0.05, 0) is 31.9 Å². The second-order valence-electron chi connectivity index (χ2n) is 4.78. The van der Waals surface area contributed by atoms with E-state index in [-0.39, 0.29) is 24.3 Å². The molecule has 9 nitrogen and oxygen atoms in total. The fourth-order valence-corrected chi connectivity index (χ4v) is 1.89. The van der Waals surface area contributed by atoms with Crippen LogP contribution in [0.1, 0.15) is 24.8 Å². The summed E-state index contributed by atoms with van der Waals surface area (Å²) in [7, 11) is 0. The van der Waals surface area contributed by atoms with Crippen LogP contribution < -0.4 is 11.1 Å². The molecule has 0 aliphatic carbocycles. The van der Waals surface area contributed by atoms with Gasteiger partial charge in [-0.25, -0.2) is 9.59 Å². The van der Waals surface area contributed by atoms with Crippen molar-refractivity contribution in [3.8, 4) is 0 Å². The number of carboxylic acids is 1. The molecule has 4 N–H and O–H groups in total. The second-order valence-corrected chi connectivity index (χ2v) is 4.78. The zero-order valence-electron chi connectivity index (χ0n) is 12.4. The van der Waals surface area contributed by atoms with Gasteiger partial charge in [0.05, 0.1) is 10.5 Å². The van der Waals surface area contributed by atoms with Crippen molar-refractivity contribution in [1.29, 1.82) is 0 Å². The van der Waals surface area contributed by atoms with Crippen molar-refractivity contribution < 1.29 is 24.4 Å². The van der Waals surface area contributed by atoms with Crippen LogP contribution in [0.15, 0.2) is 24.3 Å². The number of carbonyl (C=O) groups is 2. The quantitative estimate of drug-likeness (QED) is 0.353. The molecule has 0 aliphatic heterocycles. The van der Waals surface area contributed by atoms with Crippen molar-refractivity contribution in [2.24, 2.45) is 5.73 Å². The minimum Gasteiger partial charge on any atom is -0.480 e. The van der Waals surface area contributed by atoms with E-state index in [1.54, 1.807) is 6.07 Å². The smallest absolute Gasteiger partial charge is 0.408 e. The first-order valence-electron chi connectivity index (χ1n) is 7.04. The number of unbranched alkanes of at least 4 members (excludes halogenated alkanes) is 1. The maximum atomic E-state index is 11.7. The third-order valence-electron chi connectivity index (χ3n) is 3.08. The molecule has 0 saturated heterocycles. The Morgan fingerprint density at radius 2 is 2.04 bits per heavy atom. The number of nitrogens with two attached hydrogens (primary N) is 1. The first-order valence-corrected chi connectivity index (χ1v) is 7.04. The van der Waals surface area contributed by atoms with Gasteiger partial charge >= 0.3 is 12.1 Å². The lowest BCUT2D eigenvalue weighted by Gasteiger charge is -2.14. The molecule has 0 saturated carbocycles. The summed E-state index contributed by atoms with van der Waals surface area (Å²) in [5.41, 5.74) is 5.38. The van der Waals surface area contributed by atoms with Crippen molar-refractivity contribution in [2.75, 3.05) is 6.54 Å². The van der Waals surface area contributed by atoms with Crippen LogP contribution in [0, 0.1) is 10.1 Å². The van der Waals surface area contributed by atoms with Gasteiger partial charge in [0.1, 0.15) is 12.6 Å². The third kappa shape index (κ3) is 6.30. The molecular weight excluding hydrogens is 306 g/mol. The van der Waals surface area contributed by atoms with Crippen molar-refractivity contribution in [1.82, 2.24) is 5.32 Å². The predicted molar refractivity (Wildman–Crippen MR) is 80.7 cm³/mol. The van der Waals surface area contributed by atoms with Crippen molar-refractivity contribution >= 4 is 17.7 Å². The lowest BCUT2D eigenvalue weighted by Crippen LogP contribution is -2.41. The van der Waals surface area contributed by atoms with Gasteiger partial charge < -0.3 is 20.9 Å². The van der Waals surface area contributed by atoms with Crippen LogP contribution in [-0.4, -0.2) is 34.7 Å². The molecule has 1 aromatic carbocycles. The van der Waals surface area contributed by atoms with Gasteiger partial charge in [0.25, 0.3) is 5.69 Å². The molecule has 0 aliphatic rings. The number of hydrogen-bond acceptors (Lipinski definition) is 6. The number of nitrogens with one attached hydrogen (secondary N) is 1. The van der Waals surface area contributed by atoms with Gasteiger partial charge in [0.15, 0.2) is 0 Å². The van der Waals surface area contributed by atoms with Crippen LogP contribution in [0.25, 0.3) is 0 Å². The number of aliphatic carboxylic acids is 1. The highest BCUT2D eigenvalue weighted by atomic mass is 16.6. The van der Waals surface area contributed by atoms with E-state index in [1.807, 2.05) is 0 Å². The Hall–Kier alpha value is -2.68. The molecule has 0 radical (unpaired) electrons. The first-order chi connectivity index (χ1) is 11.0. The highest BCUT2D eigenvalue weighted by Gasteiger charge is 2.21. The molecule has 0 heterocycles. The molecule has 0 fully saturated rings. The maximum Gasteiger partial charge on any atom is 0.408 e. The van der Waals surface area contributed by atoms with E-state index in [2.05, 4.69) is 5.32 Å². The molecule has 0 spiro atoms. The van der Waals surface area contributed by atoms with Gasteiger partial charge in [-0.2, -0.15) is 0 Å². The molecule has 0 aromatic heterocycles. The monoisotopic (exact) mass is 325 g/mol. The molecular formula is C14H19N3O6. The number of carbonyl (C=O) groups excluding carboxylic acids is 1. The molecule has 126 valence electrons. The standard InChI is InChI=1S/C14H19N3O6/c15-8-4-3-6-11(13(18)19)16-14(20)23-9-10-5-1-2-7-12(10)17(21)22/h1-2,5,7,11H,3-4,6,8-9,15H2,(H,16,20)(H,18,19). The third-order valence-corrected chi connectivity index (χ3v) is 3.08. The second kappa shape index (κ2) is 9.36. The molecule has 0 bridgehead atoms. The normalized spacial score (nSPS) is 11.5. The molecule has 1 unspecified atom stereocenters. The summed E-state index contributed by atoms with van der Waals surface area (Å²) in [6.45, 7) is 0.118. The van der Waals surface area contributed by atoms with Crippen LogP contribution in [-0.2, 0) is 16.1 Å². The largest absolute Gasteiger partial charge is 0.480 e. The summed E-state index contributed by atoms with van der Waals surface area (Å²) in [5.74, 6) is -1.18. The van der Waals surface area contributed by atoms with Crippen molar-refractivity contribution in [3.05, 3.63) is 39.9 Å². The van der Waals surface area contributed by atoms with E-state index in [1.165, 1.54) is 18.2 Å². The number of amides is 1. The Labute approximate surface area is 132 Å². The summed E-state index contributed by atoms with van der Waals surface area (Å²) in [5, 5.41) is 22.1. The number of rotatable bonds is 9. The van der Waals surface area contributed by atoms with Crippen LogP contribution in [0.5, 0.6) is 0 Å². The molecule has 1 aromatic rings. The Morgan fingerprint density at radius 3 is 2.65 bits per heavy atom. The molecule has 1 amide bonds. The van der Waals surface area contributed by atoms with Crippen molar-refractivity contribution in [3.63, 3.8) is 0 Å². The van der Waals surface area contributed by atoms with E-state index in [0.29, 0.717) is 19.4 Å². The highest BCUT2D eigenvalue weighted by Crippen LogP contribution is 2.18. The number of nitro benzene ring substituents is 1. The number of para-hydroxylation sites is 1. The van der Waals surface area contributed by atoms with E-state index in [9.17, 15) is 19.7 Å². The number of nitro groups is 1. The number of alkyl carbamates (subject to hydrolysis) is 1. The highest BCUT2D eigenvalue weighted by molar-refractivity contribution is 5.79. The fourth-order valence-electron chi connectivity index (χ4n) is 1.89. The first kappa shape index (κ1) is 18.4. The van der Waals surface area contributed by atoms with Gasteiger partial charge in [0, 0.05) is 6.07 Å². The topological polar surface area (TPSA) is 145 Å². The number of hydrogen-bond donors (Lipinski definition) is 3. The zero-order chi connectivity index (χ0) is 17.2. The molecule has 23 heavy (non-hydrogen) atoms. The molecule has 1 rings (SSSR count). The van der Waals surface area contributed by atoms with Crippen LogP contribution in [0.2, 0.25) is 0 Å². The lowest BCUT2D eigenvalue weighted by molar-refractivity contribution is -0.385.